The van der Waals surface area contributed by atoms with Crippen molar-refractivity contribution in [2.24, 2.45) is 10.2 Å². The lowest BCUT2D eigenvalue weighted by atomic mass is 10.0. The van der Waals surface area contributed by atoms with Gasteiger partial charge in [0.25, 0.3) is 0 Å². The lowest BCUT2D eigenvalue weighted by Crippen LogP contribution is -1.95. The van der Waals surface area contributed by atoms with Gasteiger partial charge in [-0.1, -0.05) is 36.4 Å². The van der Waals surface area contributed by atoms with Gasteiger partial charge in [0.1, 0.15) is 5.69 Å². The molecule has 8 nitrogen and oxygen atoms in total. The van der Waals surface area contributed by atoms with Crippen LogP contribution in [-0.2, 0) is 0 Å². The van der Waals surface area contributed by atoms with E-state index >= 15 is 0 Å². The second-order valence-corrected chi connectivity index (χ2v) is 8.19. The Kier molecular flexibility index (Phi) is 6.02. The van der Waals surface area contributed by atoms with Crippen LogP contribution in [0.3, 0.4) is 0 Å². The first-order chi connectivity index (χ1) is 17.9. The van der Waals surface area contributed by atoms with E-state index in [9.17, 15) is 24.5 Å². The molecule has 0 saturated heterocycles. The number of halogens is 1. The van der Waals surface area contributed by atoms with Crippen LogP contribution in [0.25, 0.3) is 33.2 Å². The summed E-state index contributed by atoms with van der Waals surface area (Å²) in [6.07, 6.45) is 0. The minimum absolute atomic E-state index is 0.0874. The molecule has 1 aromatic heterocycles. The van der Waals surface area contributed by atoms with Crippen LogP contribution in [-0.4, -0.2) is 33.4 Å². The maximum Gasteiger partial charge on any atom is 0.335 e. The molecule has 0 saturated carbocycles. The SMILES string of the molecule is COc1ccc(-c2ccc3c(N=Nc4cccc(-c5cccc(C(=O)O)c5)c4O)c(O)[nH]c3c2)cc1F. The molecule has 1 heterocycles. The third-order valence-corrected chi connectivity index (χ3v) is 5.93. The summed E-state index contributed by atoms with van der Waals surface area (Å²) < 4.78 is 19.1. The Labute approximate surface area is 209 Å². The summed E-state index contributed by atoms with van der Waals surface area (Å²) >= 11 is 0. The highest BCUT2D eigenvalue weighted by molar-refractivity contribution is 5.96. The zero-order valence-electron chi connectivity index (χ0n) is 19.4. The van der Waals surface area contributed by atoms with Crippen molar-refractivity contribution >= 4 is 28.2 Å². The number of aromatic nitrogens is 1. The second-order valence-electron chi connectivity index (χ2n) is 8.19. The van der Waals surface area contributed by atoms with Crippen molar-refractivity contribution in [3.8, 4) is 39.6 Å². The molecule has 5 rings (SSSR count). The highest BCUT2D eigenvalue weighted by Crippen LogP contribution is 2.41. The van der Waals surface area contributed by atoms with Crippen LogP contribution < -0.4 is 4.74 Å². The van der Waals surface area contributed by atoms with E-state index in [0.717, 1.165) is 0 Å². The fourth-order valence-corrected chi connectivity index (χ4v) is 4.06. The molecule has 0 amide bonds. The summed E-state index contributed by atoms with van der Waals surface area (Å²) in [7, 11) is 1.40. The van der Waals surface area contributed by atoms with Gasteiger partial charge in [-0.15, -0.1) is 10.2 Å². The van der Waals surface area contributed by atoms with Crippen LogP contribution in [0.1, 0.15) is 10.4 Å². The number of benzene rings is 4. The number of phenolic OH excluding ortho intramolecular Hbond substituents is 1. The number of phenols is 1. The largest absolute Gasteiger partial charge is 0.505 e. The molecule has 0 unspecified atom stereocenters. The van der Waals surface area contributed by atoms with E-state index in [4.69, 9.17) is 4.74 Å². The number of hydrogen-bond acceptors (Lipinski definition) is 6. The summed E-state index contributed by atoms with van der Waals surface area (Å²) in [5, 5.41) is 39.4. The quantitative estimate of drug-likeness (QED) is 0.185. The van der Waals surface area contributed by atoms with Gasteiger partial charge in [0.05, 0.1) is 18.2 Å². The van der Waals surface area contributed by atoms with Crippen molar-refractivity contribution in [3.05, 3.63) is 90.2 Å². The molecule has 0 bridgehead atoms. The summed E-state index contributed by atoms with van der Waals surface area (Å²) in [6.45, 7) is 0. The summed E-state index contributed by atoms with van der Waals surface area (Å²) in [6, 6.07) is 20.9. The predicted octanol–water partition coefficient (Wildman–Crippen LogP) is 7.17. The van der Waals surface area contributed by atoms with Gasteiger partial charge in [0.15, 0.2) is 23.0 Å². The average Bonchev–Trinajstić information content (AvgIpc) is 3.22. The number of aromatic carboxylic acids is 1. The Bertz CT molecular complexity index is 1690. The molecule has 0 spiro atoms. The van der Waals surface area contributed by atoms with Crippen molar-refractivity contribution in [1.82, 2.24) is 4.98 Å². The van der Waals surface area contributed by atoms with Crippen LogP contribution in [0.4, 0.5) is 15.8 Å². The number of ether oxygens (including phenoxy) is 1. The maximum atomic E-state index is 14.2. The van der Waals surface area contributed by atoms with Gasteiger partial charge < -0.3 is 25.0 Å². The minimum atomic E-state index is -1.08. The van der Waals surface area contributed by atoms with Gasteiger partial charge in [-0.05, 0) is 59.2 Å². The van der Waals surface area contributed by atoms with Crippen molar-refractivity contribution in [1.29, 1.82) is 0 Å². The molecule has 0 atom stereocenters. The number of hydrogen-bond donors (Lipinski definition) is 4. The van der Waals surface area contributed by atoms with Crippen LogP contribution in [0.15, 0.2) is 89.1 Å². The van der Waals surface area contributed by atoms with E-state index in [1.165, 1.54) is 25.3 Å². The molecule has 9 heteroatoms. The normalized spacial score (nSPS) is 11.3. The summed E-state index contributed by atoms with van der Waals surface area (Å²) in [5.74, 6) is -1.82. The fraction of sp³-hybridized carbons (Fsp3) is 0.0357. The summed E-state index contributed by atoms with van der Waals surface area (Å²) in [4.78, 5) is 14.2. The van der Waals surface area contributed by atoms with Gasteiger partial charge in [-0.3, -0.25) is 0 Å². The van der Waals surface area contributed by atoms with Crippen LogP contribution in [0.5, 0.6) is 17.4 Å². The van der Waals surface area contributed by atoms with E-state index < -0.39 is 11.8 Å². The number of fused-ring (bicyclic) bond motifs is 1. The van der Waals surface area contributed by atoms with Gasteiger partial charge in [-0.25, -0.2) is 9.18 Å². The molecule has 0 fully saturated rings. The molecule has 0 aliphatic rings. The molecular weight excluding hydrogens is 477 g/mol. The number of carboxylic acid groups (broad SMARTS) is 1. The lowest BCUT2D eigenvalue weighted by molar-refractivity contribution is 0.0697. The number of methoxy groups -OCH3 is 1. The highest BCUT2D eigenvalue weighted by atomic mass is 19.1. The number of carbonyl (C=O) groups is 1. The van der Waals surface area contributed by atoms with E-state index in [1.807, 2.05) is 0 Å². The number of H-pyrrole nitrogens is 1. The van der Waals surface area contributed by atoms with Crippen LogP contribution in [0.2, 0.25) is 0 Å². The fourth-order valence-electron chi connectivity index (χ4n) is 4.06. The first kappa shape index (κ1) is 23.6. The molecule has 184 valence electrons. The minimum Gasteiger partial charge on any atom is -0.505 e. The van der Waals surface area contributed by atoms with E-state index in [2.05, 4.69) is 15.2 Å². The summed E-state index contributed by atoms with van der Waals surface area (Å²) in [5.41, 5.74) is 3.19. The van der Waals surface area contributed by atoms with Crippen LogP contribution in [0, 0.1) is 5.82 Å². The number of nitrogens with zero attached hydrogens (tertiary/aromatic N) is 2. The molecule has 0 radical (unpaired) electrons. The average molecular weight is 497 g/mol. The first-order valence-electron chi connectivity index (χ1n) is 11.1. The Morgan fingerprint density at radius 3 is 2.41 bits per heavy atom. The zero-order chi connectivity index (χ0) is 26.1. The van der Waals surface area contributed by atoms with Gasteiger partial charge in [0.2, 0.25) is 5.88 Å². The van der Waals surface area contributed by atoms with Crippen LogP contribution >= 0.6 is 0 Å². The van der Waals surface area contributed by atoms with E-state index in [0.29, 0.717) is 33.2 Å². The smallest absolute Gasteiger partial charge is 0.335 e. The maximum absolute atomic E-state index is 14.2. The zero-order valence-corrected chi connectivity index (χ0v) is 19.4. The highest BCUT2D eigenvalue weighted by Gasteiger charge is 2.15. The number of aromatic amines is 1. The molecular formula is C28H20FN3O5. The molecule has 5 aromatic rings. The Hall–Kier alpha value is -5.18. The number of carboxylic acids is 1. The standard InChI is InChI=1S/C28H20FN3O5/c1-37-24-11-9-15(13-21(24)29)16-8-10-20-23(14-16)30-27(34)25(20)32-31-22-7-3-6-19(26(22)33)17-4-2-5-18(12-17)28(35)36/h2-14,30,33-34H,1H3,(H,35,36). The number of para-hydroxylation sites is 1. The van der Waals surface area contributed by atoms with Crippen molar-refractivity contribution < 1.29 is 29.2 Å². The van der Waals surface area contributed by atoms with Gasteiger partial charge in [-0.2, -0.15) is 0 Å². The third kappa shape index (κ3) is 4.45. The molecule has 0 aliphatic carbocycles. The number of aromatic hydroxyl groups is 2. The number of rotatable bonds is 6. The topological polar surface area (TPSA) is 128 Å². The molecule has 4 aromatic carbocycles. The monoisotopic (exact) mass is 497 g/mol. The van der Waals surface area contributed by atoms with E-state index in [1.54, 1.807) is 60.7 Å². The lowest BCUT2D eigenvalue weighted by Gasteiger charge is -2.07. The van der Waals surface area contributed by atoms with Crippen molar-refractivity contribution in [3.63, 3.8) is 0 Å². The Morgan fingerprint density at radius 2 is 1.65 bits per heavy atom. The van der Waals surface area contributed by atoms with Gasteiger partial charge >= 0.3 is 5.97 Å². The Morgan fingerprint density at radius 1 is 0.892 bits per heavy atom. The molecule has 4 N–H and O–H groups in total. The number of nitrogens with one attached hydrogen (secondary N) is 1. The predicted molar refractivity (Wildman–Crippen MR) is 137 cm³/mol. The number of azo groups is 1. The van der Waals surface area contributed by atoms with Crippen molar-refractivity contribution in [2.45, 2.75) is 0 Å². The van der Waals surface area contributed by atoms with E-state index in [-0.39, 0.29) is 34.3 Å². The van der Waals surface area contributed by atoms with Crippen molar-refractivity contribution in [2.75, 3.05) is 7.11 Å². The first-order valence-corrected chi connectivity index (χ1v) is 11.1. The molecule has 37 heavy (non-hydrogen) atoms. The van der Waals surface area contributed by atoms with Gasteiger partial charge in [0, 0.05) is 10.9 Å². The molecule has 0 aliphatic heterocycles. The Balaban J connectivity index is 1.49. The third-order valence-electron chi connectivity index (χ3n) is 5.93. The second kappa shape index (κ2) is 9.46.